The molecule has 3 nitrogen and oxygen atoms in total. The van der Waals surface area contributed by atoms with Gasteiger partial charge in [0.1, 0.15) is 12.4 Å². The van der Waals surface area contributed by atoms with Gasteiger partial charge < -0.3 is 9.64 Å². The maximum Gasteiger partial charge on any atom is 0.253 e. The summed E-state index contributed by atoms with van der Waals surface area (Å²) < 4.78 is 5.74. The van der Waals surface area contributed by atoms with E-state index in [-0.39, 0.29) is 5.91 Å². The minimum Gasteiger partial charge on any atom is -0.489 e. The van der Waals surface area contributed by atoms with E-state index >= 15 is 0 Å². The average Bonchev–Trinajstić information content (AvgIpc) is 2.44. The van der Waals surface area contributed by atoms with Gasteiger partial charge >= 0.3 is 0 Å². The molecule has 0 unspecified atom stereocenters. The van der Waals surface area contributed by atoms with Crippen molar-refractivity contribution in [3.8, 4) is 5.75 Å². The Hall–Kier alpha value is -2.00. The van der Waals surface area contributed by atoms with E-state index in [9.17, 15) is 4.79 Å². The second kappa shape index (κ2) is 6.19. The quantitative estimate of drug-likeness (QED) is 0.860. The Balaban J connectivity index is 1.67. The van der Waals surface area contributed by atoms with E-state index in [0.29, 0.717) is 22.9 Å². The van der Waals surface area contributed by atoms with Crippen molar-refractivity contribution in [3.63, 3.8) is 0 Å². The third-order valence-electron chi connectivity index (χ3n) is 3.52. The number of carbonyl (C=O) groups is 1. The predicted molar refractivity (Wildman–Crippen MR) is 82.7 cm³/mol. The zero-order valence-corrected chi connectivity index (χ0v) is 12.3. The number of benzene rings is 2. The highest BCUT2D eigenvalue weighted by Crippen LogP contribution is 2.19. The molecule has 2 aromatic carbocycles. The Morgan fingerprint density at radius 3 is 2.67 bits per heavy atom. The zero-order valence-electron chi connectivity index (χ0n) is 11.6. The van der Waals surface area contributed by atoms with E-state index in [1.165, 1.54) is 0 Å². The minimum absolute atomic E-state index is 0.0782. The van der Waals surface area contributed by atoms with Gasteiger partial charge in [-0.15, -0.1) is 0 Å². The van der Waals surface area contributed by atoms with Gasteiger partial charge in [-0.25, -0.2) is 0 Å². The number of nitrogens with zero attached hydrogens (tertiary/aromatic N) is 1. The van der Waals surface area contributed by atoms with Gasteiger partial charge in [0.2, 0.25) is 0 Å². The van der Waals surface area contributed by atoms with Gasteiger partial charge in [-0.05, 0) is 42.3 Å². The first-order valence-corrected chi connectivity index (χ1v) is 7.37. The van der Waals surface area contributed by atoms with Crippen LogP contribution in [-0.4, -0.2) is 23.9 Å². The molecule has 0 aromatic heterocycles. The predicted octanol–water partition coefficient (Wildman–Crippen LogP) is 3.76. The molecule has 1 heterocycles. The number of rotatable bonds is 4. The van der Waals surface area contributed by atoms with E-state index in [1.54, 1.807) is 6.07 Å². The number of halogens is 1. The normalized spacial score (nSPS) is 13.7. The molecule has 0 N–H and O–H groups in total. The van der Waals surface area contributed by atoms with Crippen LogP contribution in [0.2, 0.25) is 5.02 Å². The molecule has 1 fully saturated rings. The fraction of sp³-hybridized carbons (Fsp3) is 0.235. The van der Waals surface area contributed by atoms with Gasteiger partial charge in [0, 0.05) is 23.7 Å². The van der Waals surface area contributed by atoms with E-state index in [4.69, 9.17) is 16.3 Å². The molecule has 4 heteroatoms. The fourth-order valence-electron chi connectivity index (χ4n) is 2.21. The maximum absolute atomic E-state index is 12.2. The van der Waals surface area contributed by atoms with Crippen LogP contribution in [0.15, 0.2) is 48.5 Å². The van der Waals surface area contributed by atoms with Gasteiger partial charge in [-0.1, -0.05) is 29.8 Å². The summed E-state index contributed by atoms with van der Waals surface area (Å²) in [6.45, 7) is 2.14. The average molecular weight is 302 g/mol. The lowest BCUT2D eigenvalue weighted by Crippen LogP contribution is -2.41. The van der Waals surface area contributed by atoms with Crippen molar-refractivity contribution >= 4 is 17.5 Å². The van der Waals surface area contributed by atoms with Crippen molar-refractivity contribution in [2.75, 3.05) is 13.1 Å². The summed E-state index contributed by atoms with van der Waals surface area (Å²) in [6.07, 6.45) is 1.09. The van der Waals surface area contributed by atoms with Crippen LogP contribution in [0.4, 0.5) is 0 Å². The minimum atomic E-state index is 0.0782. The molecule has 2 aromatic rings. The molecule has 0 radical (unpaired) electrons. The molecule has 21 heavy (non-hydrogen) atoms. The van der Waals surface area contributed by atoms with Crippen molar-refractivity contribution in [2.45, 2.75) is 13.0 Å². The molecule has 1 aliphatic heterocycles. The second-order valence-corrected chi connectivity index (χ2v) is 5.53. The summed E-state index contributed by atoms with van der Waals surface area (Å²) in [6, 6.07) is 14.9. The van der Waals surface area contributed by atoms with Gasteiger partial charge in [0.25, 0.3) is 5.91 Å². The third-order valence-corrected chi connectivity index (χ3v) is 3.75. The van der Waals surface area contributed by atoms with Gasteiger partial charge in [0.05, 0.1) is 0 Å². The maximum atomic E-state index is 12.2. The number of carbonyl (C=O) groups excluding carboxylic acids is 1. The largest absolute Gasteiger partial charge is 0.489 e. The van der Waals surface area contributed by atoms with Crippen LogP contribution in [0.1, 0.15) is 22.3 Å². The Labute approximate surface area is 129 Å². The summed E-state index contributed by atoms with van der Waals surface area (Å²) in [5.74, 6) is 0.774. The monoisotopic (exact) mass is 301 g/mol. The number of ether oxygens (including phenoxy) is 1. The topological polar surface area (TPSA) is 29.5 Å². The summed E-state index contributed by atoms with van der Waals surface area (Å²) in [7, 11) is 0. The molecule has 1 saturated heterocycles. The van der Waals surface area contributed by atoms with Gasteiger partial charge in [-0.2, -0.15) is 0 Å². The Kier molecular flexibility index (Phi) is 4.11. The van der Waals surface area contributed by atoms with E-state index < -0.39 is 0 Å². The van der Waals surface area contributed by atoms with Crippen LogP contribution >= 0.6 is 11.6 Å². The second-order valence-electron chi connectivity index (χ2n) is 5.09. The van der Waals surface area contributed by atoms with Gasteiger partial charge in [-0.3, -0.25) is 4.79 Å². The first-order chi connectivity index (χ1) is 10.2. The van der Waals surface area contributed by atoms with E-state index in [0.717, 1.165) is 25.1 Å². The van der Waals surface area contributed by atoms with Crippen LogP contribution in [0.5, 0.6) is 5.75 Å². The highest BCUT2D eigenvalue weighted by Gasteiger charge is 2.21. The highest BCUT2D eigenvalue weighted by molar-refractivity contribution is 6.30. The SMILES string of the molecule is O=C(c1cccc(OCc2cccc(Cl)c2)c1)N1CCC1. The zero-order chi connectivity index (χ0) is 14.7. The molecule has 0 aliphatic carbocycles. The van der Waals surface area contributed by atoms with Crippen molar-refractivity contribution in [2.24, 2.45) is 0 Å². The molecule has 108 valence electrons. The summed E-state index contributed by atoms with van der Waals surface area (Å²) in [5, 5.41) is 0.692. The molecular weight excluding hydrogens is 286 g/mol. The molecule has 0 atom stereocenters. The Bertz CT molecular complexity index is 653. The summed E-state index contributed by atoms with van der Waals surface area (Å²) >= 11 is 5.94. The summed E-state index contributed by atoms with van der Waals surface area (Å²) in [4.78, 5) is 14.0. The number of amides is 1. The lowest BCUT2D eigenvalue weighted by molar-refractivity contribution is 0.0651. The number of hydrogen-bond donors (Lipinski definition) is 0. The summed E-state index contributed by atoms with van der Waals surface area (Å²) in [5.41, 5.74) is 1.68. The molecule has 3 rings (SSSR count). The highest BCUT2D eigenvalue weighted by atomic mass is 35.5. The van der Waals surface area contributed by atoms with Crippen LogP contribution in [0.25, 0.3) is 0 Å². The first-order valence-electron chi connectivity index (χ1n) is 6.99. The standard InChI is InChI=1S/C17H16ClNO2/c18-15-6-1-4-13(10-15)12-21-16-7-2-5-14(11-16)17(20)19-8-3-9-19/h1-2,4-7,10-11H,3,8-9,12H2. The smallest absolute Gasteiger partial charge is 0.253 e. The van der Waals surface area contributed by atoms with E-state index in [1.807, 2.05) is 47.4 Å². The van der Waals surface area contributed by atoms with Crippen LogP contribution in [0.3, 0.4) is 0 Å². The fourth-order valence-corrected chi connectivity index (χ4v) is 2.43. The van der Waals surface area contributed by atoms with Crippen molar-refractivity contribution in [3.05, 3.63) is 64.7 Å². The molecule has 0 bridgehead atoms. The van der Waals surface area contributed by atoms with Gasteiger partial charge in [0.15, 0.2) is 0 Å². The van der Waals surface area contributed by atoms with E-state index in [2.05, 4.69) is 0 Å². The van der Waals surface area contributed by atoms with Crippen molar-refractivity contribution < 1.29 is 9.53 Å². The van der Waals surface area contributed by atoms with Crippen molar-refractivity contribution in [1.29, 1.82) is 0 Å². The number of likely N-dealkylation sites (tertiary alicyclic amines) is 1. The first kappa shape index (κ1) is 14.0. The molecular formula is C17H16ClNO2. The van der Waals surface area contributed by atoms with Crippen LogP contribution in [0, 0.1) is 0 Å². The Morgan fingerprint density at radius 2 is 1.95 bits per heavy atom. The lowest BCUT2D eigenvalue weighted by Gasteiger charge is -2.30. The third kappa shape index (κ3) is 3.37. The number of hydrogen-bond acceptors (Lipinski definition) is 2. The molecule has 0 saturated carbocycles. The molecule has 0 spiro atoms. The van der Waals surface area contributed by atoms with Crippen LogP contribution in [-0.2, 0) is 6.61 Å². The Morgan fingerprint density at radius 1 is 1.14 bits per heavy atom. The van der Waals surface area contributed by atoms with Crippen molar-refractivity contribution in [1.82, 2.24) is 4.90 Å². The molecule has 1 amide bonds. The molecule has 1 aliphatic rings. The lowest BCUT2D eigenvalue weighted by atomic mass is 10.1. The van der Waals surface area contributed by atoms with Crippen LogP contribution < -0.4 is 4.74 Å².